The van der Waals surface area contributed by atoms with Crippen LogP contribution in [0.2, 0.25) is 0 Å². The van der Waals surface area contributed by atoms with Gasteiger partial charge < -0.3 is 9.80 Å². The highest BCUT2D eigenvalue weighted by Crippen LogP contribution is 2.57. The van der Waals surface area contributed by atoms with Crippen molar-refractivity contribution in [3.63, 3.8) is 0 Å². The molecule has 0 fully saturated rings. The fraction of sp³-hybridized carbons (Fsp3) is 0.0345. The Morgan fingerprint density at radius 2 is 1.07 bits per heavy atom. The molecule has 0 saturated heterocycles. The van der Waals surface area contributed by atoms with Gasteiger partial charge in [0.05, 0.1) is 16.8 Å². The third kappa shape index (κ3) is 5.35. The molecule has 2 aliphatic rings. The molecule has 0 unspecified atom stereocenters. The molecule has 0 atom stereocenters. The minimum absolute atomic E-state index is 0.568. The summed E-state index contributed by atoms with van der Waals surface area (Å²) in [6.45, 7) is 6.49. The van der Waals surface area contributed by atoms with Crippen LogP contribution in [0.15, 0.2) is 237 Å². The van der Waals surface area contributed by atoms with Gasteiger partial charge in [0.1, 0.15) is 0 Å². The quantitative estimate of drug-likeness (QED) is 0.152. The molecule has 2 nitrogen and oxygen atoms in total. The monoisotopic (exact) mass is 766 g/mol. The summed E-state index contributed by atoms with van der Waals surface area (Å²) in [5.74, 6) is 0. The Hall–Kier alpha value is -7.68. The molecular formula is C58H42N2. The van der Waals surface area contributed by atoms with E-state index in [1.807, 2.05) is 6.08 Å². The van der Waals surface area contributed by atoms with Gasteiger partial charge in [0, 0.05) is 33.7 Å². The van der Waals surface area contributed by atoms with E-state index >= 15 is 0 Å². The smallest absolute Gasteiger partial charge is 0.0714 e. The van der Waals surface area contributed by atoms with Crippen molar-refractivity contribution < 1.29 is 0 Å². The Bertz CT molecular complexity index is 3130. The largest absolute Gasteiger partial charge is 0.310 e. The van der Waals surface area contributed by atoms with Crippen LogP contribution in [0.3, 0.4) is 0 Å². The first-order valence-electron chi connectivity index (χ1n) is 20.7. The van der Waals surface area contributed by atoms with Gasteiger partial charge in [-0.1, -0.05) is 170 Å². The number of anilines is 6. The van der Waals surface area contributed by atoms with Gasteiger partial charge in [0.15, 0.2) is 0 Å². The van der Waals surface area contributed by atoms with Gasteiger partial charge in [-0.25, -0.2) is 0 Å². The van der Waals surface area contributed by atoms with E-state index < -0.39 is 5.41 Å². The SMILES string of the molecule is C=CC1=C(/C=C\C)C(c2ccccc2)(c2ccccc2)c2cc(N(c3ccc(N4c5ccccc5-c5cccc6cccc4c56)cc3)c3ccc4ccccc4c3)ccc21. The number of benzene rings is 9. The molecule has 0 radical (unpaired) electrons. The summed E-state index contributed by atoms with van der Waals surface area (Å²) in [5, 5.41) is 4.94. The molecule has 2 heteroatoms. The van der Waals surface area contributed by atoms with Crippen molar-refractivity contribution in [3.05, 3.63) is 259 Å². The predicted molar refractivity (Wildman–Crippen MR) is 255 cm³/mol. The molecule has 9 aromatic carbocycles. The van der Waals surface area contributed by atoms with Crippen LogP contribution < -0.4 is 9.80 Å². The Kier molecular flexibility index (Phi) is 8.46. The van der Waals surface area contributed by atoms with Crippen molar-refractivity contribution in [2.24, 2.45) is 0 Å². The maximum absolute atomic E-state index is 4.39. The first-order chi connectivity index (χ1) is 29.7. The summed E-state index contributed by atoms with van der Waals surface area (Å²) in [6, 6.07) is 75.5. The third-order valence-electron chi connectivity index (χ3n) is 12.5. The molecule has 1 aliphatic heterocycles. The number of hydrogen-bond acceptors (Lipinski definition) is 2. The molecule has 60 heavy (non-hydrogen) atoms. The highest BCUT2D eigenvalue weighted by atomic mass is 15.2. The van der Waals surface area contributed by atoms with Crippen LogP contribution in [0.5, 0.6) is 0 Å². The molecule has 284 valence electrons. The van der Waals surface area contributed by atoms with Crippen molar-refractivity contribution in [2.45, 2.75) is 12.3 Å². The van der Waals surface area contributed by atoms with Gasteiger partial charge in [0.25, 0.3) is 0 Å². The van der Waals surface area contributed by atoms with Crippen molar-refractivity contribution >= 4 is 61.2 Å². The minimum atomic E-state index is -0.568. The van der Waals surface area contributed by atoms with E-state index in [1.54, 1.807) is 0 Å². The van der Waals surface area contributed by atoms with E-state index in [0.29, 0.717) is 0 Å². The lowest BCUT2D eigenvalue weighted by Gasteiger charge is -2.36. The number of fused-ring (bicyclic) bond motifs is 4. The molecule has 0 amide bonds. The van der Waals surface area contributed by atoms with Crippen molar-refractivity contribution in [2.75, 3.05) is 9.80 Å². The van der Waals surface area contributed by atoms with Gasteiger partial charge in [-0.2, -0.15) is 0 Å². The van der Waals surface area contributed by atoms with Gasteiger partial charge in [0.2, 0.25) is 0 Å². The van der Waals surface area contributed by atoms with Crippen LogP contribution >= 0.6 is 0 Å². The molecule has 0 N–H and O–H groups in total. The third-order valence-corrected chi connectivity index (χ3v) is 12.5. The minimum Gasteiger partial charge on any atom is -0.310 e. The fourth-order valence-corrected chi connectivity index (χ4v) is 10.0. The van der Waals surface area contributed by atoms with E-state index in [9.17, 15) is 0 Å². The molecule has 1 heterocycles. The van der Waals surface area contributed by atoms with Crippen LogP contribution in [0.1, 0.15) is 29.2 Å². The molecule has 0 saturated carbocycles. The second-order valence-electron chi connectivity index (χ2n) is 15.7. The fourth-order valence-electron chi connectivity index (χ4n) is 10.0. The first kappa shape index (κ1) is 35.5. The zero-order valence-corrected chi connectivity index (χ0v) is 33.5. The average molecular weight is 767 g/mol. The summed E-state index contributed by atoms with van der Waals surface area (Å²) >= 11 is 0. The number of allylic oxidation sites excluding steroid dienone is 5. The lowest BCUT2D eigenvalue weighted by molar-refractivity contribution is 0.761. The van der Waals surface area contributed by atoms with E-state index in [1.165, 1.54) is 71.9 Å². The van der Waals surface area contributed by atoms with Gasteiger partial charge in [-0.15, -0.1) is 0 Å². The molecule has 11 rings (SSSR count). The lowest BCUT2D eigenvalue weighted by atomic mass is 9.66. The highest BCUT2D eigenvalue weighted by Gasteiger charge is 2.46. The number of hydrogen-bond donors (Lipinski definition) is 0. The summed E-state index contributed by atoms with van der Waals surface area (Å²) in [5.41, 5.74) is 16.0. The summed E-state index contributed by atoms with van der Waals surface area (Å²) in [6.07, 6.45) is 6.49. The summed E-state index contributed by atoms with van der Waals surface area (Å²) in [4.78, 5) is 4.84. The van der Waals surface area contributed by atoms with Crippen molar-refractivity contribution in [1.29, 1.82) is 0 Å². The summed E-state index contributed by atoms with van der Waals surface area (Å²) < 4.78 is 0. The van der Waals surface area contributed by atoms with Crippen LogP contribution in [-0.2, 0) is 5.41 Å². The van der Waals surface area contributed by atoms with E-state index in [-0.39, 0.29) is 0 Å². The molecule has 0 aromatic heterocycles. The Morgan fingerprint density at radius 1 is 0.483 bits per heavy atom. The first-order valence-corrected chi connectivity index (χ1v) is 20.7. The maximum atomic E-state index is 4.39. The van der Waals surface area contributed by atoms with Crippen LogP contribution in [0, 0.1) is 0 Å². The Morgan fingerprint density at radius 3 is 1.80 bits per heavy atom. The molecule has 1 aliphatic carbocycles. The van der Waals surface area contributed by atoms with Gasteiger partial charge >= 0.3 is 0 Å². The normalized spacial score (nSPS) is 13.8. The maximum Gasteiger partial charge on any atom is 0.0714 e. The molecule has 0 spiro atoms. The Labute approximate surface area is 351 Å². The van der Waals surface area contributed by atoms with E-state index in [2.05, 4.69) is 242 Å². The standard InChI is InChI=1S/C58H42N2/c1-3-17-53-49(4-2)50-37-36-48(39-54(50)58(53,43-22-7-5-8-23-43)44-24-9-6-10-25-44)59(47-31-30-40-18-11-12-19-42(40)38-47)45-32-34-46(35-33-45)60-55-28-14-13-26-51(55)52-27-15-20-41-21-16-29-56(60)57(41)52/h3-39H,2H2,1H3/b17-3-. The number of para-hydroxylation sites is 1. The molecule has 9 aromatic rings. The van der Waals surface area contributed by atoms with Crippen LogP contribution in [0.25, 0.3) is 38.2 Å². The topological polar surface area (TPSA) is 6.48 Å². The summed E-state index contributed by atoms with van der Waals surface area (Å²) in [7, 11) is 0. The van der Waals surface area contributed by atoms with Gasteiger partial charge in [-0.3, -0.25) is 0 Å². The van der Waals surface area contributed by atoms with Crippen molar-refractivity contribution in [3.8, 4) is 11.1 Å². The van der Waals surface area contributed by atoms with Crippen LogP contribution in [0.4, 0.5) is 34.1 Å². The van der Waals surface area contributed by atoms with Gasteiger partial charge in [-0.05, 0) is 123 Å². The second kappa shape index (κ2) is 14.3. The van der Waals surface area contributed by atoms with E-state index in [4.69, 9.17) is 0 Å². The highest BCUT2D eigenvalue weighted by molar-refractivity contribution is 6.13. The predicted octanol–water partition coefficient (Wildman–Crippen LogP) is 15.8. The second-order valence-corrected chi connectivity index (χ2v) is 15.7. The zero-order chi connectivity index (χ0) is 40.2. The zero-order valence-electron chi connectivity index (χ0n) is 33.5. The molecule has 0 bridgehead atoms. The number of nitrogens with zero attached hydrogens (tertiary/aromatic N) is 2. The van der Waals surface area contributed by atoms with Crippen LogP contribution in [-0.4, -0.2) is 0 Å². The van der Waals surface area contributed by atoms with E-state index in [0.717, 1.165) is 28.3 Å². The lowest BCUT2D eigenvalue weighted by Crippen LogP contribution is -2.29. The molecular weight excluding hydrogens is 725 g/mol. The number of rotatable bonds is 8. The average Bonchev–Trinajstić information content (AvgIpc) is 3.59. The van der Waals surface area contributed by atoms with Crippen molar-refractivity contribution in [1.82, 2.24) is 0 Å². The Balaban J connectivity index is 1.12.